The standard InChI is InChI=1S/C23H26N2O6S/c1-3-31-22(26)15-8-17-6-9-18(10-7-17)24-23(27)21-5-4-16-25(21)32(28,29)20-13-11-19(30-2)12-14-20/h6-15,21H,3-5,16H2,1-2H3,(H,24,27)/b15-8+/t21-/m0/s1. The van der Waals surface area contributed by atoms with Crippen molar-refractivity contribution in [2.75, 3.05) is 25.6 Å². The van der Waals surface area contributed by atoms with E-state index in [0.717, 1.165) is 5.56 Å². The molecule has 0 spiro atoms. The molecule has 2 aromatic rings. The van der Waals surface area contributed by atoms with Crippen molar-refractivity contribution in [1.82, 2.24) is 4.31 Å². The normalized spacial score (nSPS) is 16.8. The van der Waals surface area contributed by atoms with Crippen molar-refractivity contribution in [3.8, 4) is 5.75 Å². The number of rotatable bonds is 8. The second-order valence-corrected chi connectivity index (χ2v) is 9.04. The highest BCUT2D eigenvalue weighted by Crippen LogP contribution is 2.28. The second kappa shape index (κ2) is 10.4. The molecule has 0 saturated carbocycles. The number of methoxy groups -OCH3 is 1. The Labute approximate surface area is 187 Å². The van der Waals surface area contributed by atoms with Gasteiger partial charge in [0.05, 0.1) is 18.6 Å². The first-order valence-corrected chi connectivity index (χ1v) is 11.7. The molecule has 1 atom stereocenters. The molecule has 1 aliphatic heterocycles. The van der Waals surface area contributed by atoms with E-state index in [-0.39, 0.29) is 17.3 Å². The summed E-state index contributed by atoms with van der Waals surface area (Å²) in [6, 6.07) is 12.2. The van der Waals surface area contributed by atoms with Crippen LogP contribution in [-0.4, -0.2) is 50.9 Å². The van der Waals surface area contributed by atoms with E-state index in [0.29, 0.717) is 30.9 Å². The predicted molar refractivity (Wildman–Crippen MR) is 121 cm³/mol. The topological polar surface area (TPSA) is 102 Å². The lowest BCUT2D eigenvalue weighted by Gasteiger charge is -2.23. The lowest BCUT2D eigenvalue weighted by Crippen LogP contribution is -2.43. The van der Waals surface area contributed by atoms with Crippen LogP contribution < -0.4 is 10.1 Å². The summed E-state index contributed by atoms with van der Waals surface area (Å²) in [4.78, 5) is 24.4. The molecule has 0 aromatic heterocycles. The summed E-state index contributed by atoms with van der Waals surface area (Å²) in [6.07, 6.45) is 3.99. The van der Waals surface area contributed by atoms with Gasteiger partial charge < -0.3 is 14.8 Å². The van der Waals surface area contributed by atoms with Crippen LogP contribution in [0.3, 0.4) is 0 Å². The lowest BCUT2D eigenvalue weighted by molar-refractivity contribution is -0.137. The van der Waals surface area contributed by atoms with Crippen molar-refractivity contribution >= 4 is 33.7 Å². The zero-order valence-corrected chi connectivity index (χ0v) is 18.8. The van der Waals surface area contributed by atoms with Gasteiger partial charge in [-0.25, -0.2) is 13.2 Å². The zero-order chi connectivity index (χ0) is 23.1. The molecular formula is C23H26N2O6S. The van der Waals surface area contributed by atoms with Crippen molar-refractivity contribution in [3.05, 3.63) is 60.2 Å². The molecule has 8 nitrogen and oxygen atoms in total. The summed E-state index contributed by atoms with van der Waals surface area (Å²) < 4.78 is 37.3. The molecule has 1 N–H and O–H groups in total. The number of nitrogens with one attached hydrogen (secondary N) is 1. The summed E-state index contributed by atoms with van der Waals surface area (Å²) in [5, 5.41) is 2.79. The lowest BCUT2D eigenvalue weighted by atomic mass is 10.1. The fourth-order valence-electron chi connectivity index (χ4n) is 3.43. The van der Waals surface area contributed by atoms with E-state index in [1.54, 1.807) is 49.4 Å². The van der Waals surface area contributed by atoms with Gasteiger partial charge in [-0.2, -0.15) is 4.31 Å². The Balaban J connectivity index is 1.68. The maximum Gasteiger partial charge on any atom is 0.330 e. The number of ether oxygens (including phenoxy) is 2. The Morgan fingerprint density at radius 2 is 1.81 bits per heavy atom. The van der Waals surface area contributed by atoms with Crippen LogP contribution >= 0.6 is 0 Å². The maximum absolute atomic E-state index is 13.1. The van der Waals surface area contributed by atoms with E-state index in [1.807, 2.05) is 0 Å². The Bertz CT molecular complexity index is 1080. The zero-order valence-electron chi connectivity index (χ0n) is 18.0. The SMILES string of the molecule is CCOC(=O)/C=C/c1ccc(NC(=O)[C@@H]2CCCN2S(=O)(=O)c2ccc(OC)cc2)cc1. The van der Waals surface area contributed by atoms with E-state index in [2.05, 4.69) is 5.32 Å². The average molecular weight is 459 g/mol. The van der Waals surface area contributed by atoms with Crippen LogP contribution in [-0.2, 0) is 24.3 Å². The number of carbonyl (C=O) groups excluding carboxylic acids is 2. The molecule has 1 amide bonds. The van der Waals surface area contributed by atoms with Gasteiger partial charge in [-0.1, -0.05) is 12.1 Å². The first-order chi connectivity index (χ1) is 15.3. The molecular weight excluding hydrogens is 432 g/mol. The van der Waals surface area contributed by atoms with E-state index >= 15 is 0 Å². The molecule has 0 aliphatic carbocycles. The highest BCUT2D eigenvalue weighted by atomic mass is 32.2. The molecule has 1 fully saturated rings. The number of esters is 1. The van der Waals surface area contributed by atoms with Crippen molar-refractivity contribution < 1.29 is 27.5 Å². The highest BCUT2D eigenvalue weighted by Gasteiger charge is 2.39. The average Bonchev–Trinajstić information content (AvgIpc) is 3.30. The van der Waals surface area contributed by atoms with Gasteiger partial charge in [-0.3, -0.25) is 4.79 Å². The maximum atomic E-state index is 13.1. The Morgan fingerprint density at radius 1 is 1.12 bits per heavy atom. The first-order valence-electron chi connectivity index (χ1n) is 10.3. The third-order valence-corrected chi connectivity index (χ3v) is 6.97. The number of sulfonamides is 1. The van der Waals surface area contributed by atoms with Gasteiger partial charge in [0.25, 0.3) is 0 Å². The van der Waals surface area contributed by atoms with Crippen molar-refractivity contribution in [3.63, 3.8) is 0 Å². The molecule has 2 aromatic carbocycles. The Kier molecular flexibility index (Phi) is 7.66. The third-order valence-electron chi connectivity index (χ3n) is 5.05. The fraction of sp³-hybridized carbons (Fsp3) is 0.304. The van der Waals surface area contributed by atoms with Crippen LogP contribution in [0, 0.1) is 0 Å². The molecule has 32 heavy (non-hydrogen) atoms. The second-order valence-electron chi connectivity index (χ2n) is 7.15. The quantitative estimate of drug-likeness (QED) is 0.482. The number of nitrogens with zero attached hydrogens (tertiary/aromatic N) is 1. The van der Waals surface area contributed by atoms with Crippen LogP contribution in [0.25, 0.3) is 6.08 Å². The minimum atomic E-state index is -3.81. The fourth-order valence-corrected chi connectivity index (χ4v) is 5.09. The van der Waals surface area contributed by atoms with E-state index in [1.165, 1.54) is 29.6 Å². The monoisotopic (exact) mass is 458 g/mol. The first kappa shape index (κ1) is 23.5. The molecule has 3 rings (SSSR count). The van der Waals surface area contributed by atoms with Gasteiger partial charge >= 0.3 is 5.97 Å². The van der Waals surface area contributed by atoms with Crippen molar-refractivity contribution in [2.24, 2.45) is 0 Å². The predicted octanol–water partition coefficient (Wildman–Crippen LogP) is 3.06. The molecule has 0 radical (unpaired) electrons. The van der Waals surface area contributed by atoms with Gasteiger partial charge in [0, 0.05) is 18.3 Å². The number of amides is 1. The van der Waals surface area contributed by atoms with Crippen molar-refractivity contribution in [1.29, 1.82) is 0 Å². The van der Waals surface area contributed by atoms with E-state index in [9.17, 15) is 18.0 Å². The minimum Gasteiger partial charge on any atom is -0.497 e. The summed E-state index contributed by atoms with van der Waals surface area (Å²) in [5.41, 5.74) is 1.30. The molecule has 1 saturated heterocycles. The Morgan fingerprint density at radius 3 is 2.44 bits per heavy atom. The molecule has 9 heteroatoms. The third kappa shape index (κ3) is 5.54. The van der Waals surface area contributed by atoms with E-state index in [4.69, 9.17) is 9.47 Å². The van der Waals surface area contributed by atoms with Gasteiger partial charge in [-0.15, -0.1) is 0 Å². The van der Waals surface area contributed by atoms with Crippen LogP contribution in [0.15, 0.2) is 59.5 Å². The van der Waals surface area contributed by atoms with Crippen molar-refractivity contribution in [2.45, 2.75) is 30.7 Å². The van der Waals surface area contributed by atoms with E-state index < -0.39 is 22.0 Å². The van der Waals surface area contributed by atoms with Gasteiger partial charge in [0.15, 0.2) is 0 Å². The molecule has 1 aliphatic rings. The summed E-state index contributed by atoms with van der Waals surface area (Å²) in [7, 11) is -2.31. The van der Waals surface area contributed by atoms with Crippen LogP contribution in [0.2, 0.25) is 0 Å². The van der Waals surface area contributed by atoms with Crippen LogP contribution in [0.4, 0.5) is 5.69 Å². The Hall–Kier alpha value is -3.17. The minimum absolute atomic E-state index is 0.121. The molecule has 1 heterocycles. The molecule has 0 bridgehead atoms. The summed E-state index contributed by atoms with van der Waals surface area (Å²) >= 11 is 0. The largest absolute Gasteiger partial charge is 0.497 e. The molecule has 0 unspecified atom stereocenters. The number of anilines is 1. The number of benzene rings is 2. The highest BCUT2D eigenvalue weighted by molar-refractivity contribution is 7.89. The van der Waals surface area contributed by atoms with Crippen LogP contribution in [0.5, 0.6) is 5.75 Å². The smallest absolute Gasteiger partial charge is 0.330 e. The summed E-state index contributed by atoms with van der Waals surface area (Å²) in [5.74, 6) is -0.251. The number of carbonyl (C=O) groups is 2. The summed E-state index contributed by atoms with van der Waals surface area (Å²) in [6.45, 7) is 2.32. The number of hydrogen-bond acceptors (Lipinski definition) is 6. The van der Waals surface area contributed by atoms with Gasteiger partial charge in [-0.05, 0) is 67.8 Å². The van der Waals surface area contributed by atoms with Gasteiger partial charge in [0.1, 0.15) is 11.8 Å². The molecule has 170 valence electrons. The van der Waals surface area contributed by atoms with Crippen LogP contribution in [0.1, 0.15) is 25.3 Å². The van der Waals surface area contributed by atoms with Gasteiger partial charge in [0.2, 0.25) is 15.9 Å². The number of hydrogen-bond donors (Lipinski definition) is 1.